The summed E-state index contributed by atoms with van der Waals surface area (Å²) in [6, 6.07) is 62.6. The molecule has 5 nitrogen and oxygen atoms in total. The molecule has 0 amide bonds. The van der Waals surface area contributed by atoms with E-state index in [0.29, 0.717) is 40.4 Å². The summed E-state index contributed by atoms with van der Waals surface area (Å²) in [7, 11) is 0. The number of para-hydroxylation sites is 6. The average molecular weight is 1110 g/mol. The van der Waals surface area contributed by atoms with Crippen LogP contribution < -0.4 is 0 Å². The van der Waals surface area contributed by atoms with Crippen LogP contribution in [0.5, 0.6) is 0 Å². The first kappa shape index (κ1) is 43.9. The number of aryl methyl sites for hydroxylation is 1. The minimum atomic E-state index is -2.24. The van der Waals surface area contributed by atoms with Crippen LogP contribution in [0.25, 0.3) is 99.7 Å². The molecule has 0 N–H and O–H groups in total. The Balaban J connectivity index is 0.000000191. The Labute approximate surface area is 434 Å². The van der Waals surface area contributed by atoms with Gasteiger partial charge in [0.2, 0.25) is 0 Å². The second-order valence-corrected chi connectivity index (χ2v) is 19.7. The quantitative estimate of drug-likeness (QED) is 0.113. The molecule has 3 heterocycles. The Morgan fingerprint density at radius 1 is 0.479 bits per heavy atom. The van der Waals surface area contributed by atoms with Crippen LogP contribution in [0, 0.1) is 19.0 Å². The topological polar surface area (TPSA) is 48.8 Å². The van der Waals surface area contributed by atoms with E-state index in [9.17, 15) is 0 Å². The summed E-state index contributed by atoms with van der Waals surface area (Å²) in [6.07, 6.45) is 0. The normalized spacial score (nSPS) is 12.6. The van der Waals surface area contributed by atoms with Gasteiger partial charge in [0.05, 0.1) is 39.3 Å². The monoisotopic (exact) mass is 1110 g/mol. The maximum Gasteiger partial charge on any atom is 0.121 e. The number of hydrogen-bond donors (Lipinski definition) is 0. The molecule has 3 aromatic heterocycles. The van der Waals surface area contributed by atoms with E-state index >= 15 is 0 Å². The van der Waals surface area contributed by atoms with Gasteiger partial charge in [-0.25, -0.2) is 0 Å². The molecular formula is C65H58IrN4O-2. The summed E-state index contributed by atoms with van der Waals surface area (Å²) < 4.78 is 36.0. The van der Waals surface area contributed by atoms with Gasteiger partial charge in [0.15, 0.2) is 0 Å². The fourth-order valence-corrected chi connectivity index (χ4v) is 10.4. The SMILES string of the molecule is CC(C)c1cccc(C(C)C)c1-n1c(-c2[c-]cccc2)nc2ccccc21.[2H]C([2H])([2H])c1cc2cc3oc4c(-c5nc6ccccc6n5-c5c(C(C)C)cccc5C(C)C)[c-]ccc4c3cc2c2ccccc12.[Ir]. The van der Waals surface area contributed by atoms with E-state index in [1.165, 1.54) is 27.9 Å². The largest absolute Gasteiger partial charge is 0.501 e. The van der Waals surface area contributed by atoms with Crippen molar-refractivity contribution in [2.45, 2.75) is 85.9 Å². The third-order valence-corrected chi connectivity index (χ3v) is 13.8. The number of hydrogen-bond acceptors (Lipinski definition) is 3. The Bertz CT molecular complexity index is 3990. The third-order valence-electron chi connectivity index (χ3n) is 13.8. The van der Waals surface area contributed by atoms with Gasteiger partial charge in [-0.2, -0.15) is 0 Å². The van der Waals surface area contributed by atoms with Crippen molar-refractivity contribution in [3.05, 3.63) is 204 Å². The Morgan fingerprint density at radius 3 is 1.58 bits per heavy atom. The predicted octanol–water partition coefficient (Wildman–Crippen LogP) is 18.0. The standard InChI is InChI=1S/C40H33N2O.C25H25N2.Ir/c1-23(2)27-14-10-15-28(24(3)4)38(27)42-36-19-9-8-18-35(36)41-40(42)32-17-11-16-31-34-22-33-26(21-37(34)43-39(31)32)20-25(5)29-12-6-7-13-30(29)33;1-17(2)20-13-10-14-21(18(3)4)24(20)27-23-16-9-8-15-22(23)26-25(27)19-11-6-5-7-12-19;/h6-16,18-24H,1-5H3;5-11,13-18H,1-4H3;/q2*-1;/i5D3;;. The Hall–Kier alpha value is -7.11. The van der Waals surface area contributed by atoms with Gasteiger partial charge in [-0.3, -0.25) is 9.97 Å². The van der Waals surface area contributed by atoms with Gasteiger partial charge >= 0.3 is 0 Å². The summed E-state index contributed by atoms with van der Waals surface area (Å²) >= 11 is 0. The molecule has 0 aliphatic rings. The molecule has 0 fully saturated rings. The number of fused-ring (bicyclic) bond motifs is 8. The number of nitrogens with zero attached hydrogens (tertiary/aromatic N) is 4. The molecule has 0 bridgehead atoms. The maximum absolute atomic E-state index is 8.22. The molecular weight excluding hydrogens is 1040 g/mol. The van der Waals surface area contributed by atoms with Crippen molar-refractivity contribution >= 4 is 65.6 Å². The van der Waals surface area contributed by atoms with E-state index in [-0.39, 0.29) is 20.1 Å². The van der Waals surface area contributed by atoms with Crippen LogP contribution in [0.15, 0.2) is 168 Å². The van der Waals surface area contributed by atoms with Crippen LogP contribution in [0.3, 0.4) is 0 Å². The smallest absolute Gasteiger partial charge is 0.121 e. The zero-order valence-electron chi connectivity index (χ0n) is 44.4. The molecule has 1 radical (unpaired) electrons. The summed E-state index contributed by atoms with van der Waals surface area (Å²) in [4.78, 5) is 10.2. The van der Waals surface area contributed by atoms with Crippen molar-refractivity contribution in [3.8, 4) is 34.2 Å². The number of benzene rings is 9. The van der Waals surface area contributed by atoms with E-state index in [1.807, 2.05) is 66.7 Å². The Kier molecular flexibility index (Phi) is 11.9. The first-order chi connectivity index (χ1) is 35.2. The molecule has 0 atom stereocenters. The van der Waals surface area contributed by atoms with Gasteiger partial charge < -0.3 is 13.6 Å². The van der Waals surface area contributed by atoms with E-state index in [4.69, 9.17) is 18.5 Å². The summed E-state index contributed by atoms with van der Waals surface area (Å²) in [5, 5.41) is 5.43. The van der Waals surface area contributed by atoms with Crippen LogP contribution in [0.4, 0.5) is 0 Å². The van der Waals surface area contributed by atoms with Crippen molar-refractivity contribution in [2.24, 2.45) is 0 Å². The molecule has 71 heavy (non-hydrogen) atoms. The Morgan fingerprint density at radius 2 is 1.01 bits per heavy atom. The predicted molar refractivity (Wildman–Crippen MR) is 294 cm³/mol. The van der Waals surface area contributed by atoms with Crippen molar-refractivity contribution in [1.82, 2.24) is 19.1 Å². The molecule has 0 unspecified atom stereocenters. The molecule has 0 aliphatic carbocycles. The first-order valence-electron chi connectivity index (χ1n) is 26.1. The van der Waals surface area contributed by atoms with Crippen molar-refractivity contribution in [2.75, 3.05) is 0 Å². The molecule has 12 rings (SSSR count). The molecule has 9 aromatic carbocycles. The van der Waals surface area contributed by atoms with Crippen LogP contribution >= 0.6 is 0 Å². The molecule has 12 aromatic rings. The number of imidazole rings is 2. The first-order valence-corrected chi connectivity index (χ1v) is 24.6. The minimum absolute atomic E-state index is 0. The minimum Gasteiger partial charge on any atom is -0.501 e. The van der Waals surface area contributed by atoms with Crippen LogP contribution in [0.1, 0.15) is 111 Å². The molecule has 0 aliphatic heterocycles. The van der Waals surface area contributed by atoms with Crippen LogP contribution in [0.2, 0.25) is 0 Å². The van der Waals surface area contributed by atoms with E-state index in [0.717, 1.165) is 82.8 Å². The second-order valence-electron chi connectivity index (χ2n) is 19.7. The maximum atomic E-state index is 8.22. The van der Waals surface area contributed by atoms with E-state index in [1.54, 1.807) is 6.07 Å². The number of aromatic nitrogens is 4. The van der Waals surface area contributed by atoms with Gasteiger partial charge in [0.1, 0.15) is 5.58 Å². The summed E-state index contributed by atoms with van der Waals surface area (Å²) in [5.74, 6) is 3.18. The zero-order chi connectivity index (χ0) is 50.9. The number of rotatable bonds is 8. The van der Waals surface area contributed by atoms with E-state index < -0.39 is 6.85 Å². The molecule has 0 saturated carbocycles. The molecule has 355 valence electrons. The summed E-state index contributed by atoms with van der Waals surface area (Å²) in [5.41, 5.74) is 15.3. The van der Waals surface area contributed by atoms with Crippen LogP contribution in [-0.2, 0) is 20.1 Å². The average Bonchev–Trinajstić information content (AvgIpc) is 4.09. The fourth-order valence-electron chi connectivity index (χ4n) is 10.4. The molecule has 0 saturated heterocycles. The van der Waals surface area contributed by atoms with Crippen molar-refractivity contribution in [1.29, 1.82) is 0 Å². The van der Waals surface area contributed by atoms with Crippen molar-refractivity contribution in [3.63, 3.8) is 0 Å². The second kappa shape index (κ2) is 19.2. The van der Waals surface area contributed by atoms with Gasteiger partial charge in [0, 0.05) is 41.0 Å². The molecule has 0 spiro atoms. The summed E-state index contributed by atoms with van der Waals surface area (Å²) in [6.45, 7) is 15.7. The number of furan rings is 1. The van der Waals surface area contributed by atoms with Gasteiger partial charge in [-0.1, -0.05) is 157 Å². The van der Waals surface area contributed by atoms with E-state index in [2.05, 4.69) is 168 Å². The molecule has 6 heteroatoms. The van der Waals surface area contributed by atoms with Gasteiger partial charge in [-0.05, 0) is 116 Å². The van der Waals surface area contributed by atoms with Gasteiger partial charge in [-0.15, -0.1) is 54.1 Å². The van der Waals surface area contributed by atoms with Gasteiger partial charge in [0.25, 0.3) is 0 Å². The fraction of sp³-hybridized carbons (Fsp3) is 0.200. The zero-order valence-corrected chi connectivity index (χ0v) is 43.8. The third kappa shape index (κ3) is 8.27. The van der Waals surface area contributed by atoms with Crippen LogP contribution in [-0.4, -0.2) is 19.1 Å². The van der Waals surface area contributed by atoms with Crippen molar-refractivity contribution < 1.29 is 28.6 Å².